The average Bonchev–Trinajstić information content (AvgIpc) is 2.88. The highest BCUT2D eigenvalue weighted by Gasteiger charge is 2.56. The van der Waals surface area contributed by atoms with Gasteiger partial charge in [-0.2, -0.15) is 0 Å². The Morgan fingerprint density at radius 3 is 2.64 bits per heavy atom. The Morgan fingerprint density at radius 2 is 2.04 bits per heavy atom. The van der Waals surface area contributed by atoms with Gasteiger partial charge in [-0.1, -0.05) is 18.2 Å². The van der Waals surface area contributed by atoms with E-state index in [1.807, 2.05) is 6.07 Å². The molecule has 8 nitrogen and oxygen atoms in total. The number of amides is 2. The summed E-state index contributed by atoms with van der Waals surface area (Å²) in [5, 5.41) is 21.6. The van der Waals surface area contributed by atoms with E-state index in [0.29, 0.717) is 5.75 Å². The molecule has 3 rings (SSSR count). The largest absolute Gasteiger partial charge is 0.484 e. The number of aliphatic hydroxyl groups excluding tert-OH is 1. The van der Waals surface area contributed by atoms with Crippen LogP contribution in [0.4, 0.5) is 0 Å². The van der Waals surface area contributed by atoms with Crippen LogP contribution in [0.3, 0.4) is 0 Å². The first-order valence-corrected chi connectivity index (χ1v) is 7.85. The molecule has 1 fully saturated rings. The number of nitrogens with zero attached hydrogens (tertiary/aromatic N) is 1. The van der Waals surface area contributed by atoms with Gasteiger partial charge in [-0.05, 0) is 19.1 Å². The van der Waals surface area contributed by atoms with Crippen molar-refractivity contribution in [2.24, 2.45) is 5.92 Å². The zero-order chi connectivity index (χ0) is 18.1. The van der Waals surface area contributed by atoms with Gasteiger partial charge in [-0.3, -0.25) is 14.5 Å². The maximum absolute atomic E-state index is 12.1. The molecule has 1 saturated heterocycles. The Kier molecular flexibility index (Phi) is 4.45. The summed E-state index contributed by atoms with van der Waals surface area (Å²) in [6, 6.07) is 8.30. The van der Waals surface area contributed by atoms with Crippen LogP contribution in [0.15, 0.2) is 41.7 Å². The number of rotatable bonds is 6. The molecule has 3 N–H and O–H groups in total. The van der Waals surface area contributed by atoms with Gasteiger partial charge in [0.05, 0.1) is 23.8 Å². The highest BCUT2D eigenvalue weighted by molar-refractivity contribution is 6.00. The van der Waals surface area contributed by atoms with Crippen LogP contribution >= 0.6 is 0 Å². The van der Waals surface area contributed by atoms with Gasteiger partial charge in [0.15, 0.2) is 6.61 Å². The third-order valence-corrected chi connectivity index (χ3v) is 4.33. The molecule has 2 amide bonds. The number of fused-ring (bicyclic) bond motifs is 1. The van der Waals surface area contributed by atoms with Crippen molar-refractivity contribution < 1.29 is 29.3 Å². The van der Waals surface area contributed by atoms with Gasteiger partial charge in [0.2, 0.25) is 5.91 Å². The molecule has 1 aromatic rings. The van der Waals surface area contributed by atoms with Crippen molar-refractivity contribution >= 4 is 17.8 Å². The number of carboxylic acid groups (broad SMARTS) is 1. The van der Waals surface area contributed by atoms with Gasteiger partial charge in [-0.25, -0.2) is 4.79 Å². The highest BCUT2D eigenvalue weighted by Crippen LogP contribution is 2.42. The van der Waals surface area contributed by atoms with E-state index in [4.69, 9.17) is 4.74 Å². The van der Waals surface area contributed by atoms with Crippen LogP contribution < -0.4 is 10.1 Å². The predicted molar refractivity (Wildman–Crippen MR) is 85.2 cm³/mol. The number of hydrogen-bond donors (Lipinski definition) is 3. The number of carboxylic acids is 1. The first-order chi connectivity index (χ1) is 11.9. The lowest BCUT2D eigenvalue weighted by molar-refractivity contribution is -0.161. The molecule has 0 saturated carbocycles. The van der Waals surface area contributed by atoms with Crippen molar-refractivity contribution in [1.29, 1.82) is 0 Å². The van der Waals surface area contributed by atoms with Crippen LogP contribution in [-0.4, -0.2) is 51.6 Å². The minimum Gasteiger partial charge on any atom is -0.484 e. The third kappa shape index (κ3) is 3.08. The maximum Gasteiger partial charge on any atom is 0.354 e. The molecule has 2 aliphatic heterocycles. The van der Waals surface area contributed by atoms with Crippen LogP contribution in [0.5, 0.6) is 5.75 Å². The van der Waals surface area contributed by atoms with E-state index in [-0.39, 0.29) is 24.4 Å². The summed E-state index contributed by atoms with van der Waals surface area (Å²) < 4.78 is 5.32. The number of aliphatic hydroxyl groups is 1. The van der Waals surface area contributed by atoms with Crippen molar-refractivity contribution in [1.82, 2.24) is 10.2 Å². The van der Waals surface area contributed by atoms with E-state index in [2.05, 4.69) is 5.32 Å². The fourth-order valence-corrected chi connectivity index (χ4v) is 3.25. The number of aliphatic carboxylic acids is 1. The van der Waals surface area contributed by atoms with E-state index < -0.39 is 35.8 Å². The van der Waals surface area contributed by atoms with E-state index in [1.165, 1.54) is 6.92 Å². The molecular weight excluding hydrogens is 328 g/mol. The van der Waals surface area contributed by atoms with Gasteiger partial charge in [0, 0.05) is 6.42 Å². The highest BCUT2D eigenvalue weighted by atomic mass is 16.5. The summed E-state index contributed by atoms with van der Waals surface area (Å²) in [6.07, 6.45) is -0.694. The molecule has 0 bridgehead atoms. The lowest BCUT2D eigenvalue weighted by atomic mass is 9.83. The molecule has 8 heteroatoms. The monoisotopic (exact) mass is 346 g/mol. The number of hydrogen-bond acceptors (Lipinski definition) is 5. The summed E-state index contributed by atoms with van der Waals surface area (Å²) in [5.41, 5.74) is -0.0735. The predicted octanol–water partition coefficient (Wildman–Crippen LogP) is 0.0893. The van der Waals surface area contributed by atoms with Crippen molar-refractivity contribution in [2.75, 3.05) is 6.61 Å². The minimum absolute atomic E-state index is 0.163. The molecule has 0 aromatic heterocycles. The van der Waals surface area contributed by atoms with Crippen LogP contribution in [0.25, 0.3) is 0 Å². The summed E-state index contributed by atoms with van der Waals surface area (Å²) in [4.78, 5) is 36.7. The smallest absolute Gasteiger partial charge is 0.354 e. The van der Waals surface area contributed by atoms with Crippen molar-refractivity contribution in [2.45, 2.75) is 25.5 Å². The fourth-order valence-electron chi connectivity index (χ4n) is 3.25. The molecule has 2 aliphatic rings. The van der Waals surface area contributed by atoms with Crippen molar-refractivity contribution in [3.05, 3.63) is 41.7 Å². The second-order valence-electron chi connectivity index (χ2n) is 6.03. The molecular formula is C17H18N2O6. The lowest BCUT2D eigenvalue weighted by Gasteiger charge is -2.44. The summed E-state index contributed by atoms with van der Waals surface area (Å²) in [7, 11) is 0. The minimum atomic E-state index is -1.29. The number of ether oxygens (including phenoxy) is 1. The Labute approximate surface area is 143 Å². The molecule has 132 valence electrons. The lowest BCUT2D eigenvalue weighted by Crippen LogP contribution is -2.61. The zero-order valence-corrected chi connectivity index (χ0v) is 13.5. The van der Waals surface area contributed by atoms with E-state index in [1.54, 1.807) is 24.3 Å². The number of β-lactam (4-membered cyclic amide) rings is 1. The molecule has 2 heterocycles. The van der Waals surface area contributed by atoms with Crippen molar-refractivity contribution in [3.63, 3.8) is 0 Å². The zero-order valence-electron chi connectivity index (χ0n) is 13.5. The number of carbonyl (C=O) groups is 3. The van der Waals surface area contributed by atoms with Crippen LogP contribution in [0, 0.1) is 5.92 Å². The third-order valence-electron chi connectivity index (χ3n) is 4.33. The molecule has 25 heavy (non-hydrogen) atoms. The Bertz CT molecular complexity index is 743. The molecule has 0 unspecified atom stereocenters. The molecule has 3 atom stereocenters. The van der Waals surface area contributed by atoms with E-state index >= 15 is 0 Å². The van der Waals surface area contributed by atoms with Gasteiger partial charge in [0.1, 0.15) is 11.4 Å². The van der Waals surface area contributed by atoms with Gasteiger partial charge in [-0.15, -0.1) is 0 Å². The molecule has 1 aromatic carbocycles. The van der Waals surface area contributed by atoms with Crippen LogP contribution in [0.1, 0.15) is 13.3 Å². The number of carbonyl (C=O) groups excluding carboxylic acids is 2. The SMILES string of the molecule is C[C@H](O)[C@@H]1C(=O)N2C(C(=O)O)=C(NC(=O)COc3ccccc3)C[C@H]12. The normalized spacial score (nSPS) is 23.0. The van der Waals surface area contributed by atoms with Gasteiger partial charge >= 0.3 is 5.97 Å². The first-order valence-electron chi connectivity index (χ1n) is 7.85. The second-order valence-corrected chi connectivity index (χ2v) is 6.03. The summed E-state index contributed by atoms with van der Waals surface area (Å²) >= 11 is 0. The van der Waals surface area contributed by atoms with Crippen LogP contribution in [-0.2, 0) is 14.4 Å². The average molecular weight is 346 g/mol. The number of para-hydroxylation sites is 1. The van der Waals surface area contributed by atoms with E-state index in [9.17, 15) is 24.6 Å². The molecule has 0 spiro atoms. The van der Waals surface area contributed by atoms with E-state index in [0.717, 1.165) is 4.90 Å². The fraction of sp³-hybridized carbons (Fsp3) is 0.353. The second kappa shape index (κ2) is 6.56. The Hall–Kier alpha value is -2.87. The molecule has 0 radical (unpaired) electrons. The first kappa shape index (κ1) is 17.0. The van der Waals surface area contributed by atoms with Gasteiger partial charge in [0.25, 0.3) is 5.91 Å². The Morgan fingerprint density at radius 1 is 1.36 bits per heavy atom. The number of benzene rings is 1. The number of nitrogens with one attached hydrogen (secondary N) is 1. The summed E-state index contributed by atoms with van der Waals surface area (Å²) in [5.74, 6) is -2.38. The molecule has 0 aliphatic carbocycles. The quantitative estimate of drug-likeness (QED) is 0.629. The van der Waals surface area contributed by atoms with Gasteiger partial charge < -0.3 is 20.3 Å². The van der Waals surface area contributed by atoms with Crippen molar-refractivity contribution in [3.8, 4) is 5.75 Å². The summed E-state index contributed by atoms with van der Waals surface area (Å²) in [6.45, 7) is 1.21. The Balaban J connectivity index is 1.68. The maximum atomic E-state index is 12.1. The van der Waals surface area contributed by atoms with Crippen LogP contribution in [0.2, 0.25) is 0 Å². The standard InChI is InChI=1S/C17H18N2O6/c1-9(20)14-12-7-11(15(17(23)24)19(12)16(14)22)18-13(21)8-25-10-5-3-2-4-6-10/h2-6,9,12,14,20H,7-8H2,1H3,(H,18,21)(H,23,24)/t9-,12+,14-/m0/s1. The topological polar surface area (TPSA) is 116 Å².